The highest BCUT2D eigenvalue weighted by Gasteiger charge is 2.20. The van der Waals surface area contributed by atoms with Crippen molar-refractivity contribution in [2.24, 2.45) is 7.05 Å². The van der Waals surface area contributed by atoms with Crippen LogP contribution in [0.1, 0.15) is 23.2 Å². The molecule has 0 bridgehead atoms. The van der Waals surface area contributed by atoms with E-state index in [-0.39, 0.29) is 11.1 Å². The van der Waals surface area contributed by atoms with E-state index in [9.17, 15) is 9.59 Å². The summed E-state index contributed by atoms with van der Waals surface area (Å²) < 4.78 is 2.16. The Morgan fingerprint density at radius 3 is 2.71 bits per heavy atom. The zero-order chi connectivity index (χ0) is 22.1. The van der Waals surface area contributed by atoms with Crippen molar-refractivity contribution in [3.63, 3.8) is 0 Å². The Morgan fingerprint density at radius 2 is 2.00 bits per heavy atom. The van der Waals surface area contributed by atoms with E-state index in [2.05, 4.69) is 48.1 Å². The van der Waals surface area contributed by atoms with Gasteiger partial charge in [-0.15, -0.1) is 0 Å². The molecule has 1 fully saturated rings. The lowest BCUT2D eigenvalue weighted by Crippen LogP contribution is -2.35. The molecule has 0 spiro atoms. The lowest BCUT2D eigenvalue weighted by atomic mass is 10.1. The van der Waals surface area contributed by atoms with Gasteiger partial charge in [0.25, 0.3) is 11.5 Å². The van der Waals surface area contributed by atoms with Gasteiger partial charge in [0.1, 0.15) is 10.6 Å². The van der Waals surface area contributed by atoms with Gasteiger partial charge < -0.3 is 20.1 Å². The van der Waals surface area contributed by atoms with E-state index in [0.29, 0.717) is 20.7 Å². The largest absolute Gasteiger partial charge is 0.355 e. The number of alkyl halides is 1. The molecule has 1 aliphatic heterocycles. The van der Waals surface area contributed by atoms with Crippen molar-refractivity contribution >= 4 is 68.5 Å². The van der Waals surface area contributed by atoms with Crippen molar-refractivity contribution in [2.75, 3.05) is 30.4 Å². The third-order valence-corrected chi connectivity index (χ3v) is 6.92. The van der Waals surface area contributed by atoms with Crippen LogP contribution in [0.4, 0.5) is 17.5 Å². The van der Waals surface area contributed by atoms with Gasteiger partial charge in [0.05, 0.1) is 11.7 Å². The highest BCUT2D eigenvalue weighted by Crippen LogP contribution is 2.28. The van der Waals surface area contributed by atoms with E-state index < -0.39 is 5.91 Å². The number of aryl methyl sites for hydroxylation is 1. The number of halogens is 2. The number of amides is 1. The van der Waals surface area contributed by atoms with Crippen LogP contribution in [-0.2, 0) is 7.05 Å². The van der Waals surface area contributed by atoms with Gasteiger partial charge in [0.15, 0.2) is 5.82 Å². The van der Waals surface area contributed by atoms with Crippen LogP contribution in [0, 0.1) is 0 Å². The molecule has 3 heterocycles. The minimum atomic E-state index is -0.417. The number of nitrogens with zero attached hydrogens (tertiary/aromatic N) is 4. The summed E-state index contributed by atoms with van der Waals surface area (Å²) in [5.74, 6) is 0.749. The molecule has 0 atom stereocenters. The van der Waals surface area contributed by atoms with Gasteiger partial charge in [0, 0.05) is 42.2 Å². The Labute approximate surface area is 198 Å². The van der Waals surface area contributed by atoms with Crippen LogP contribution < -0.4 is 21.1 Å². The van der Waals surface area contributed by atoms with Gasteiger partial charge in [-0.1, -0.05) is 34.2 Å². The van der Waals surface area contributed by atoms with Crippen molar-refractivity contribution in [2.45, 2.75) is 16.8 Å². The second kappa shape index (κ2) is 8.99. The third-order valence-electron chi connectivity index (χ3n) is 5.40. The first-order valence-electron chi connectivity index (χ1n) is 9.92. The maximum Gasteiger partial charge on any atom is 0.263 e. The Hall–Kier alpha value is -2.40. The second-order valence-corrected chi connectivity index (χ2v) is 9.60. The predicted octanol–water partition coefficient (Wildman–Crippen LogP) is 3.49. The zero-order valence-electron chi connectivity index (χ0n) is 17.2. The normalized spacial score (nSPS) is 14.6. The standard InChI is InChI=1S/C21H22ClIN6O2/c1-24-19(30)15-10-12-9-14(3-4-17(12)28(2)20(15)31)26-18-16(22)11-25-21(27-18)29-7-5-13(23)6-8-29/h3-4,9-11,13H,5-8H2,1-2H3,(H,24,30)(H,25,26,27). The van der Waals surface area contributed by atoms with E-state index in [4.69, 9.17) is 11.6 Å². The summed E-state index contributed by atoms with van der Waals surface area (Å²) in [4.78, 5) is 35.7. The molecular formula is C21H22ClIN6O2. The zero-order valence-corrected chi connectivity index (χ0v) is 20.1. The molecule has 3 aromatic rings. The summed E-state index contributed by atoms with van der Waals surface area (Å²) in [7, 11) is 3.15. The van der Waals surface area contributed by atoms with E-state index >= 15 is 0 Å². The van der Waals surface area contributed by atoms with Crippen molar-refractivity contribution in [1.82, 2.24) is 19.9 Å². The average molecular weight is 553 g/mol. The highest BCUT2D eigenvalue weighted by atomic mass is 127. The summed E-state index contributed by atoms with van der Waals surface area (Å²) in [6.07, 6.45) is 3.82. The molecule has 1 saturated heterocycles. The number of fused-ring (bicyclic) bond motifs is 1. The fraction of sp³-hybridized carbons (Fsp3) is 0.333. The molecule has 1 aliphatic rings. The summed E-state index contributed by atoms with van der Waals surface area (Å²) in [5, 5.41) is 6.92. The van der Waals surface area contributed by atoms with Gasteiger partial charge in [-0.2, -0.15) is 4.98 Å². The number of carbonyl (C=O) groups is 1. The second-order valence-electron chi connectivity index (χ2n) is 7.43. The quantitative estimate of drug-likeness (QED) is 0.380. The Balaban J connectivity index is 1.67. The molecule has 31 heavy (non-hydrogen) atoms. The monoisotopic (exact) mass is 552 g/mol. The number of aromatic nitrogens is 3. The lowest BCUT2D eigenvalue weighted by molar-refractivity contribution is 0.0961. The molecule has 1 aromatic carbocycles. The van der Waals surface area contributed by atoms with Gasteiger partial charge in [-0.3, -0.25) is 9.59 Å². The predicted molar refractivity (Wildman–Crippen MR) is 132 cm³/mol. The maximum atomic E-state index is 12.5. The number of carbonyl (C=O) groups excluding carboxylic acids is 1. The number of anilines is 3. The van der Waals surface area contributed by atoms with E-state index in [1.54, 1.807) is 19.3 Å². The molecule has 0 aliphatic carbocycles. The Bertz CT molecular complexity index is 1210. The topological polar surface area (TPSA) is 92.2 Å². The molecule has 1 amide bonds. The molecule has 0 saturated carbocycles. The summed E-state index contributed by atoms with van der Waals surface area (Å²) in [6, 6.07) is 7.14. The van der Waals surface area contributed by atoms with E-state index in [1.165, 1.54) is 11.6 Å². The van der Waals surface area contributed by atoms with Gasteiger partial charge in [0.2, 0.25) is 5.95 Å². The molecule has 0 unspecified atom stereocenters. The van der Waals surface area contributed by atoms with Crippen LogP contribution in [0.3, 0.4) is 0 Å². The highest BCUT2D eigenvalue weighted by molar-refractivity contribution is 14.1. The Kier molecular flexibility index (Phi) is 6.33. The van der Waals surface area contributed by atoms with E-state index in [1.807, 2.05) is 18.2 Å². The van der Waals surface area contributed by atoms with Crippen molar-refractivity contribution in [3.05, 3.63) is 51.4 Å². The van der Waals surface area contributed by atoms with Crippen LogP contribution >= 0.6 is 34.2 Å². The molecule has 0 radical (unpaired) electrons. The first kappa shape index (κ1) is 21.8. The third kappa shape index (κ3) is 4.47. The van der Waals surface area contributed by atoms with Crippen LogP contribution in [-0.4, -0.2) is 44.5 Å². The first-order valence-corrected chi connectivity index (χ1v) is 11.5. The minimum absolute atomic E-state index is 0.0932. The van der Waals surface area contributed by atoms with Crippen LogP contribution in [0.15, 0.2) is 35.3 Å². The maximum absolute atomic E-state index is 12.5. The molecule has 2 N–H and O–H groups in total. The lowest BCUT2D eigenvalue weighted by Gasteiger charge is -2.29. The van der Waals surface area contributed by atoms with Crippen molar-refractivity contribution in [3.8, 4) is 0 Å². The van der Waals surface area contributed by atoms with Gasteiger partial charge in [-0.05, 0) is 37.1 Å². The van der Waals surface area contributed by atoms with Crippen LogP contribution in [0.5, 0.6) is 0 Å². The summed E-state index contributed by atoms with van der Waals surface area (Å²) in [6.45, 7) is 1.84. The first-order chi connectivity index (χ1) is 14.9. The summed E-state index contributed by atoms with van der Waals surface area (Å²) in [5.41, 5.74) is 1.22. The van der Waals surface area contributed by atoms with Gasteiger partial charge in [-0.25, -0.2) is 4.98 Å². The number of hydrogen-bond acceptors (Lipinski definition) is 6. The SMILES string of the molecule is CNC(=O)c1cc2cc(Nc3nc(N4CCC(I)CC4)ncc3Cl)ccc2n(C)c1=O. The van der Waals surface area contributed by atoms with Crippen molar-refractivity contribution in [1.29, 1.82) is 0 Å². The molecule has 2 aromatic heterocycles. The van der Waals surface area contributed by atoms with E-state index in [0.717, 1.165) is 42.5 Å². The van der Waals surface area contributed by atoms with Crippen LogP contribution in [0.2, 0.25) is 5.02 Å². The molecule has 10 heteroatoms. The summed E-state index contributed by atoms with van der Waals surface area (Å²) >= 11 is 8.84. The number of pyridine rings is 1. The fourth-order valence-electron chi connectivity index (χ4n) is 3.64. The number of nitrogens with one attached hydrogen (secondary N) is 2. The number of hydrogen-bond donors (Lipinski definition) is 2. The number of rotatable bonds is 4. The van der Waals surface area contributed by atoms with Crippen LogP contribution in [0.25, 0.3) is 10.9 Å². The average Bonchev–Trinajstić information content (AvgIpc) is 2.77. The molecule has 8 nitrogen and oxygen atoms in total. The number of benzene rings is 1. The Morgan fingerprint density at radius 1 is 1.26 bits per heavy atom. The smallest absolute Gasteiger partial charge is 0.263 e. The number of piperidine rings is 1. The molecule has 162 valence electrons. The fourth-order valence-corrected chi connectivity index (χ4v) is 4.34. The molecular weight excluding hydrogens is 531 g/mol. The minimum Gasteiger partial charge on any atom is -0.355 e. The van der Waals surface area contributed by atoms with Crippen molar-refractivity contribution < 1.29 is 4.79 Å². The van der Waals surface area contributed by atoms with Gasteiger partial charge >= 0.3 is 0 Å². The molecule has 4 rings (SSSR count).